The maximum Gasteiger partial charge on any atom is 0.239 e. The Bertz CT molecular complexity index is 315. The molecule has 0 bridgehead atoms. The zero-order valence-electron chi connectivity index (χ0n) is 11.5. The summed E-state index contributed by atoms with van der Waals surface area (Å²) in [6.07, 6.45) is 4.87. The molecule has 1 saturated carbocycles. The van der Waals surface area contributed by atoms with E-state index in [2.05, 4.69) is 10.6 Å². The summed E-state index contributed by atoms with van der Waals surface area (Å²) in [5.41, 5.74) is 0. The Morgan fingerprint density at radius 3 is 2.42 bits per heavy atom. The van der Waals surface area contributed by atoms with Crippen LogP contribution in [0.25, 0.3) is 0 Å². The van der Waals surface area contributed by atoms with Gasteiger partial charge >= 0.3 is 0 Å². The first kappa shape index (κ1) is 16.2. The maximum atomic E-state index is 12.0. The Morgan fingerprint density at radius 1 is 1.21 bits per heavy atom. The molecular weight excluding hydrogens is 266 g/mol. The minimum Gasteiger partial charge on any atom is -0.352 e. The average molecular weight is 290 g/mol. The first-order chi connectivity index (χ1) is 8.65. The molecule has 1 heterocycles. The molecule has 0 atom stereocenters. The highest BCUT2D eigenvalue weighted by Crippen LogP contribution is 2.19. The zero-order valence-corrected chi connectivity index (χ0v) is 12.3. The van der Waals surface area contributed by atoms with Crippen molar-refractivity contribution in [1.82, 2.24) is 15.5 Å². The van der Waals surface area contributed by atoms with Crippen molar-refractivity contribution in [3.05, 3.63) is 0 Å². The van der Waals surface area contributed by atoms with E-state index in [1.165, 1.54) is 0 Å². The number of nitrogens with one attached hydrogen (secondary N) is 2. The molecule has 0 unspecified atom stereocenters. The number of halogens is 1. The van der Waals surface area contributed by atoms with Gasteiger partial charge in [0.05, 0.1) is 6.54 Å². The van der Waals surface area contributed by atoms with E-state index in [0.29, 0.717) is 18.4 Å². The van der Waals surface area contributed by atoms with Crippen molar-refractivity contribution in [2.45, 2.75) is 38.1 Å². The number of piperidine rings is 1. The van der Waals surface area contributed by atoms with Crippen molar-refractivity contribution in [3.8, 4) is 0 Å². The SMILES string of the molecule is CN(CC(=O)NC1CC1)C(=O)CC1CCNCC1.Cl. The molecule has 2 amide bonds. The van der Waals surface area contributed by atoms with E-state index >= 15 is 0 Å². The summed E-state index contributed by atoms with van der Waals surface area (Å²) in [5.74, 6) is 0.541. The normalized spacial score (nSPS) is 19.4. The third kappa shape index (κ3) is 5.78. The summed E-state index contributed by atoms with van der Waals surface area (Å²) in [6, 6.07) is 0.366. The number of nitrogens with zero attached hydrogens (tertiary/aromatic N) is 1. The summed E-state index contributed by atoms with van der Waals surface area (Å²) in [6.45, 7) is 2.20. The minimum atomic E-state index is -0.0290. The molecule has 1 aliphatic carbocycles. The van der Waals surface area contributed by atoms with Crippen LogP contribution < -0.4 is 10.6 Å². The average Bonchev–Trinajstić information content (AvgIpc) is 3.14. The highest BCUT2D eigenvalue weighted by Gasteiger charge is 2.25. The van der Waals surface area contributed by atoms with Crippen LogP contribution in [-0.2, 0) is 9.59 Å². The smallest absolute Gasteiger partial charge is 0.239 e. The van der Waals surface area contributed by atoms with Gasteiger partial charge in [0, 0.05) is 19.5 Å². The second kappa shape index (κ2) is 7.70. The number of carbonyl (C=O) groups excluding carboxylic acids is 2. The molecular formula is C13H24ClN3O2. The summed E-state index contributed by atoms with van der Waals surface area (Å²) in [4.78, 5) is 25.1. The number of rotatable bonds is 5. The predicted octanol–water partition coefficient (Wildman–Crippen LogP) is 0.535. The fraction of sp³-hybridized carbons (Fsp3) is 0.846. The van der Waals surface area contributed by atoms with E-state index in [1.807, 2.05) is 0 Å². The van der Waals surface area contributed by atoms with Gasteiger partial charge in [-0.2, -0.15) is 0 Å². The largest absolute Gasteiger partial charge is 0.352 e. The fourth-order valence-electron chi connectivity index (χ4n) is 2.29. The molecule has 1 aliphatic heterocycles. The summed E-state index contributed by atoms with van der Waals surface area (Å²) < 4.78 is 0. The van der Waals surface area contributed by atoms with Crippen LogP contribution in [0.5, 0.6) is 0 Å². The van der Waals surface area contributed by atoms with Gasteiger partial charge in [0.2, 0.25) is 11.8 Å². The third-order valence-corrected chi connectivity index (χ3v) is 3.67. The highest BCUT2D eigenvalue weighted by molar-refractivity contribution is 5.85. The highest BCUT2D eigenvalue weighted by atomic mass is 35.5. The van der Waals surface area contributed by atoms with Crippen LogP contribution in [0.1, 0.15) is 32.1 Å². The monoisotopic (exact) mass is 289 g/mol. The van der Waals surface area contributed by atoms with Crippen molar-refractivity contribution in [2.75, 3.05) is 26.7 Å². The quantitative estimate of drug-likeness (QED) is 0.776. The van der Waals surface area contributed by atoms with Gasteiger partial charge in [0.25, 0.3) is 0 Å². The molecule has 1 saturated heterocycles. The zero-order chi connectivity index (χ0) is 13.0. The second-order valence-electron chi connectivity index (χ2n) is 5.49. The van der Waals surface area contributed by atoms with Gasteiger partial charge in [-0.1, -0.05) is 0 Å². The van der Waals surface area contributed by atoms with Crippen LogP contribution >= 0.6 is 12.4 Å². The van der Waals surface area contributed by atoms with Crippen molar-refractivity contribution in [2.24, 2.45) is 5.92 Å². The van der Waals surface area contributed by atoms with E-state index in [9.17, 15) is 9.59 Å². The molecule has 2 N–H and O–H groups in total. The van der Waals surface area contributed by atoms with Crippen molar-refractivity contribution < 1.29 is 9.59 Å². The molecule has 0 aromatic carbocycles. The first-order valence-electron chi connectivity index (χ1n) is 6.89. The lowest BCUT2D eigenvalue weighted by Crippen LogP contribution is -2.40. The van der Waals surface area contributed by atoms with E-state index in [1.54, 1.807) is 11.9 Å². The van der Waals surface area contributed by atoms with Gasteiger partial charge in [-0.15, -0.1) is 12.4 Å². The fourth-order valence-corrected chi connectivity index (χ4v) is 2.29. The lowest BCUT2D eigenvalue weighted by Gasteiger charge is -2.24. The van der Waals surface area contributed by atoms with E-state index in [-0.39, 0.29) is 30.8 Å². The van der Waals surface area contributed by atoms with Crippen LogP contribution in [0.4, 0.5) is 0 Å². The Hall–Kier alpha value is -0.810. The van der Waals surface area contributed by atoms with E-state index < -0.39 is 0 Å². The second-order valence-corrected chi connectivity index (χ2v) is 5.49. The van der Waals surface area contributed by atoms with Crippen LogP contribution in [-0.4, -0.2) is 49.4 Å². The maximum absolute atomic E-state index is 12.0. The lowest BCUT2D eigenvalue weighted by molar-refractivity contribution is -0.135. The van der Waals surface area contributed by atoms with Crippen LogP contribution in [0, 0.1) is 5.92 Å². The standard InChI is InChI=1S/C13H23N3O2.ClH/c1-16(9-12(17)15-11-2-3-11)13(18)8-10-4-6-14-7-5-10;/h10-11,14H,2-9H2,1H3,(H,15,17);1H. The minimum absolute atomic E-state index is 0. The number of hydrogen-bond donors (Lipinski definition) is 2. The Morgan fingerprint density at radius 2 is 1.84 bits per heavy atom. The molecule has 0 radical (unpaired) electrons. The summed E-state index contributed by atoms with van der Waals surface area (Å²) >= 11 is 0. The van der Waals surface area contributed by atoms with Crippen LogP contribution in [0.2, 0.25) is 0 Å². The molecule has 2 rings (SSSR count). The van der Waals surface area contributed by atoms with Gasteiger partial charge in [0.1, 0.15) is 0 Å². The molecule has 110 valence electrons. The molecule has 6 heteroatoms. The Balaban J connectivity index is 0.00000180. The van der Waals surface area contributed by atoms with Crippen molar-refractivity contribution in [1.29, 1.82) is 0 Å². The van der Waals surface area contributed by atoms with E-state index in [0.717, 1.165) is 38.8 Å². The Labute approximate surface area is 120 Å². The molecule has 19 heavy (non-hydrogen) atoms. The topological polar surface area (TPSA) is 61.4 Å². The molecule has 0 aromatic rings. The van der Waals surface area contributed by atoms with Gasteiger partial charge in [-0.25, -0.2) is 0 Å². The Kier molecular flexibility index (Phi) is 6.58. The van der Waals surface area contributed by atoms with Crippen molar-refractivity contribution in [3.63, 3.8) is 0 Å². The van der Waals surface area contributed by atoms with Gasteiger partial charge in [-0.3, -0.25) is 9.59 Å². The summed E-state index contributed by atoms with van der Waals surface area (Å²) in [7, 11) is 1.72. The first-order valence-corrected chi connectivity index (χ1v) is 6.89. The van der Waals surface area contributed by atoms with E-state index in [4.69, 9.17) is 0 Å². The van der Waals surface area contributed by atoms with Crippen molar-refractivity contribution >= 4 is 24.2 Å². The number of hydrogen-bond acceptors (Lipinski definition) is 3. The summed E-state index contributed by atoms with van der Waals surface area (Å²) in [5, 5.41) is 6.19. The molecule has 0 aromatic heterocycles. The molecule has 0 spiro atoms. The molecule has 2 fully saturated rings. The molecule has 2 aliphatic rings. The molecule has 5 nitrogen and oxygen atoms in total. The van der Waals surface area contributed by atoms with Gasteiger partial charge in [-0.05, 0) is 44.7 Å². The van der Waals surface area contributed by atoms with Gasteiger partial charge in [0.15, 0.2) is 0 Å². The number of carbonyl (C=O) groups is 2. The lowest BCUT2D eigenvalue weighted by atomic mass is 9.94. The number of amides is 2. The predicted molar refractivity (Wildman–Crippen MR) is 76.3 cm³/mol. The number of likely N-dealkylation sites (N-methyl/N-ethyl adjacent to an activating group) is 1. The van der Waals surface area contributed by atoms with Crippen LogP contribution in [0.15, 0.2) is 0 Å². The third-order valence-electron chi connectivity index (χ3n) is 3.67. The van der Waals surface area contributed by atoms with Gasteiger partial charge < -0.3 is 15.5 Å². The van der Waals surface area contributed by atoms with Crippen LogP contribution in [0.3, 0.4) is 0 Å².